The van der Waals surface area contributed by atoms with Gasteiger partial charge >= 0.3 is 0 Å². The van der Waals surface area contributed by atoms with Crippen LogP contribution in [0.2, 0.25) is 0 Å². The predicted octanol–water partition coefficient (Wildman–Crippen LogP) is 5.22. The highest BCUT2D eigenvalue weighted by Crippen LogP contribution is 2.25. The maximum Gasteiger partial charge on any atom is 0.230 e. The number of aryl methyl sites for hydroxylation is 3. The highest BCUT2D eigenvalue weighted by molar-refractivity contribution is 8.01. The minimum Gasteiger partial charge on any atom is -0.325 e. The lowest BCUT2D eigenvalue weighted by molar-refractivity contribution is -0.115. The van der Waals surface area contributed by atoms with Gasteiger partial charge < -0.3 is 5.32 Å². The molecular formula is C22H22N2O2S2. The maximum atomic E-state index is 12.4. The van der Waals surface area contributed by atoms with Crippen LogP contribution in [0.3, 0.4) is 0 Å². The number of ketones is 1. The zero-order valence-corrected chi connectivity index (χ0v) is 17.7. The SMILES string of the molecule is Cc1cc(C)c(NC(=O)Cc2csc(SCC(=O)c3ccccc3)n2)c(C)c1. The summed E-state index contributed by atoms with van der Waals surface area (Å²) < 4.78 is 0.801. The number of hydrogen-bond acceptors (Lipinski definition) is 5. The van der Waals surface area contributed by atoms with E-state index in [1.54, 1.807) is 0 Å². The molecular weight excluding hydrogens is 388 g/mol. The van der Waals surface area contributed by atoms with Crippen molar-refractivity contribution in [2.45, 2.75) is 31.5 Å². The standard InChI is InChI=1S/C22H22N2O2S2/c1-14-9-15(2)21(16(3)10-14)24-20(26)11-18-12-27-22(23-18)28-13-19(25)17-7-5-4-6-8-17/h4-10,12H,11,13H2,1-3H3,(H,24,26). The van der Waals surface area contributed by atoms with Crippen molar-refractivity contribution < 1.29 is 9.59 Å². The monoisotopic (exact) mass is 410 g/mol. The van der Waals surface area contributed by atoms with Crippen LogP contribution in [0.15, 0.2) is 52.2 Å². The van der Waals surface area contributed by atoms with E-state index in [-0.39, 0.29) is 18.1 Å². The number of carbonyl (C=O) groups is 2. The summed E-state index contributed by atoms with van der Waals surface area (Å²) in [6, 6.07) is 13.4. The number of carbonyl (C=O) groups excluding carboxylic acids is 2. The van der Waals surface area contributed by atoms with Crippen LogP contribution in [0.4, 0.5) is 5.69 Å². The van der Waals surface area contributed by atoms with Crippen LogP contribution >= 0.6 is 23.1 Å². The van der Waals surface area contributed by atoms with Gasteiger partial charge in [-0.3, -0.25) is 9.59 Å². The molecule has 144 valence electrons. The van der Waals surface area contributed by atoms with Crippen LogP contribution in [0.25, 0.3) is 0 Å². The number of Topliss-reactive ketones (excluding diaryl/α,β-unsaturated/α-hetero) is 1. The van der Waals surface area contributed by atoms with Gasteiger partial charge in [-0.25, -0.2) is 4.98 Å². The highest BCUT2D eigenvalue weighted by atomic mass is 32.2. The number of nitrogens with one attached hydrogen (secondary N) is 1. The molecule has 0 aliphatic heterocycles. The Morgan fingerprint density at radius 2 is 1.75 bits per heavy atom. The maximum absolute atomic E-state index is 12.4. The number of thiazole rings is 1. The molecule has 28 heavy (non-hydrogen) atoms. The number of hydrogen-bond donors (Lipinski definition) is 1. The largest absolute Gasteiger partial charge is 0.325 e. The topological polar surface area (TPSA) is 59.1 Å². The van der Waals surface area contributed by atoms with Crippen molar-refractivity contribution in [1.82, 2.24) is 4.98 Å². The molecule has 0 saturated carbocycles. The quantitative estimate of drug-likeness (QED) is 0.428. The first-order valence-corrected chi connectivity index (χ1v) is 10.8. The molecule has 0 bridgehead atoms. The average Bonchev–Trinajstić information content (AvgIpc) is 3.10. The molecule has 1 aromatic heterocycles. The first-order valence-electron chi connectivity index (χ1n) is 8.95. The smallest absolute Gasteiger partial charge is 0.230 e. The van der Waals surface area contributed by atoms with Crippen molar-refractivity contribution >= 4 is 40.5 Å². The van der Waals surface area contributed by atoms with Crippen LogP contribution in [0.5, 0.6) is 0 Å². The molecule has 0 fully saturated rings. The number of anilines is 1. The summed E-state index contributed by atoms with van der Waals surface area (Å²) in [6.45, 7) is 6.04. The second kappa shape index (κ2) is 9.17. The van der Waals surface area contributed by atoms with E-state index >= 15 is 0 Å². The fourth-order valence-corrected chi connectivity index (χ4v) is 4.74. The van der Waals surface area contributed by atoms with Gasteiger partial charge in [0.15, 0.2) is 10.1 Å². The molecule has 3 rings (SSSR count). The number of benzene rings is 2. The molecule has 3 aromatic rings. The zero-order chi connectivity index (χ0) is 20.1. The molecule has 1 N–H and O–H groups in total. The van der Waals surface area contributed by atoms with Gasteiger partial charge in [0, 0.05) is 16.6 Å². The predicted molar refractivity (Wildman–Crippen MR) is 117 cm³/mol. The van der Waals surface area contributed by atoms with Crippen LogP contribution in [-0.4, -0.2) is 22.4 Å². The molecule has 0 spiro atoms. The van der Waals surface area contributed by atoms with Gasteiger partial charge in [-0.1, -0.05) is 59.8 Å². The first kappa shape index (κ1) is 20.3. The highest BCUT2D eigenvalue weighted by Gasteiger charge is 2.13. The summed E-state index contributed by atoms with van der Waals surface area (Å²) >= 11 is 2.87. The van der Waals surface area contributed by atoms with Crippen molar-refractivity contribution in [3.8, 4) is 0 Å². The molecule has 1 amide bonds. The minimum absolute atomic E-state index is 0.0745. The Labute approximate surface area is 173 Å². The number of aromatic nitrogens is 1. The summed E-state index contributed by atoms with van der Waals surface area (Å²) in [7, 11) is 0. The van der Waals surface area contributed by atoms with Crippen molar-refractivity contribution in [3.63, 3.8) is 0 Å². The Morgan fingerprint density at radius 3 is 2.43 bits per heavy atom. The van der Waals surface area contributed by atoms with Crippen LogP contribution in [-0.2, 0) is 11.2 Å². The van der Waals surface area contributed by atoms with E-state index < -0.39 is 0 Å². The fraction of sp³-hybridized carbons (Fsp3) is 0.227. The normalized spacial score (nSPS) is 10.7. The molecule has 0 atom stereocenters. The number of amides is 1. The van der Waals surface area contributed by atoms with E-state index in [0.29, 0.717) is 11.3 Å². The van der Waals surface area contributed by atoms with Gasteiger partial charge in [0.05, 0.1) is 17.9 Å². The Bertz CT molecular complexity index is 974. The van der Waals surface area contributed by atoms with Crippen LogP contribution in [0.1, 0.15) is 32.7 Å². The second-order valence-corrected chi connectivity index (χ2v) is 8.76. The van der Waals surface area contributed by atoms with E-state index in [1.165, 1.54) is 28.7 Å². The van der Waals surface area contributed by atoms with E-state index in [9.17, 15) is 9.59 Å². The Morgan fingerprint density at radius 1 is 1.07 bits per heavy atom. The molecule has 6 heteroatoms. The molecule has 2 aromatic carbocycles. The molecule has 0 saturated heterocycles. The van der Waals surface area contributed by atoms with Crippen LogP contribution < -0.4 is 5.32 Å². The number of thioether (sulfide) groups is 1. The second-order valence-electron chi connectivity index (χ2n) is 6.68. The average molecular weight is 411 g/mol. The van der Waals surface area contributed by atoms with Gasteiger partial charge in [-0.05, 0) is 31.9 Å². The van der Waals surface area contributed by atoms with Gasteiger partial charge in [0.2, 0.25) is 5.91 Å². The summed E-state index contributed by atoms with van der Waals surface area (Å²) in [4.78, 5) is 29.1. The Kier molecular flexibility index (Phi) is 6.65. The molecule has 0 radical (unpaired) electrons. The third kappa shape index (κ3) is 5.30. The summed E-state index contributed by atoms with van der Waals surface area (Å²) in [5, 5.41) is 4.88. The van der Waals surface area contributed by atoms with Crippen molar-refractivity contribution in [2.75, 3.05) is 11.1 Å². The summed E-state index contributed by atoms with van der Waals surface area (Å²) in [5.41, 5.74) is 5.59. The summed E-state index contributed by atoms with van der Waals surface area (Å²) in [6.07, 6.45) is 0.219. The third-order valence-electron chi connectivity index (χ3n) is 4.24. The zero-order valence-electron chi connectivity index (χ0n) is 16.1. The molecule has 4 nitrogen and oxygen atoms in total. The lowest BCUT2D eigenvalue weighted by Gasteiger charge is -2.12. The molecule has 0 aliphatic rings. The van der Waals surface area contributed by atoms with Crippen LogP contribution in [0, 0.1) is 20.8 Å². The number of rotatable bonds is 7. The number of nitrogens with zero attached hydrogens (tertiary/aromatic N) is 1. The first-order chi connectivity index (χ1) is 13.4. The van der Waals surface area contributed by atoms with E-state index in [1.807, 2.05) is 56.5 Å². The van der Waals surface area contributed by atoms with E-state index in [4.69, 9.17) is 0 Å². The lowest BCUT2D eigenvalue weighted by atomic mass is 10.0. The Balaban J connectivity index is 1.56. The van der Waals surface area contributed by atoms with Gasteiger partial charge in [-0.15, -0.1) is 11.3 Å². The minimum atomic E-state index is -0.0859. The van der Waals surface area contributed by atoms with Gasteiger partial charge in [-0.2, -0.15) is 0 Å². The fourth-order valence-electron chi connectivity index (χ4n) is 3.00. The summed E-state index contributed by atoms with van der Waals surface area (Å²) in [5.74, 6) is 0.327. The third-order valence-corrected chi connectivity index (χ3v) is 6.31. The van der Waals surface area contributed by atoms with Crippen molar-refractivity contribution in [2.24, 2.45) is 0 Å². The molecule has 0 unspecified atom stereocenters. The molecule has 1 heterocycles. The molecule has 0 aliphatic carbocycles. The lowest BCUT2D eigenvalue weighted by Crippen LogP contribution is -2.16. The Hall–Kier alpha value is -2.44. The van der Waals surface area contributed by atoms with Crippen molar-refractivity contribution in [3.05, 3.63) is 75.8 Å². The van der Waals surface area contributed by atoms with E-state index in [0.717, 1.165) is 26.8 Å². The van der Waals surface area contributed by atoms with Crippen molar-refractivity contribution in [1.29, 1.82) is 0 Å². The van der Waals surface area contributed by atoms with Gasteiger partial charge in [0.1, 0.15) is 0 Å². The van der Waals surface area contributed by atoms with E-state index in [2.05, 4.69) is 22.4 Å². The van der Waals surface area contributed by atoms with Gasteiger partial charge in [0.25, 0.3) is 0 Å².